The number of carbonyl (C=O) groups is 1. The Hall–Kier alpha value is -1.88. The van der Waals surface area contributed by atoms with Crippen molar-refractivity contribution in [2.75, 3.05) is 23.3 Å². The maximum atomic E-state index is 11.9. The van der Waals surface area contributed by atoms with E-state index in [-0.39, 0.29) is 11.8 Å². The number of hydrogen-bond donors (Lipinski definition) is 1. The maximum Gasteiger partial charge on any atom is 0.227 e. The van der Waals surface area contributed by atoms with Gasteiger partial charge in [-0.3, -0.25) is 4.79 Å². The highest BCUT2D eigenvalue weighted by Crippen LogP contribution is 2.32. The summed E-state index contributed by atoms with van der Waals surface area (Å²) in [4.78, 5) is 19.1. The second-order valence-electron chi connectivity index (χ2n) is 6.41. The van der Waals surface area contributed by atoms with Crippen molar-refractivity contribution in [1.82, 2.24) is 4.98 Å². The molecule has 2 fully saturated rings. The van der Waals surface area contributed by atoms with Gasteiger partial charge >= 0.3 is 0 Å². The van der Waals surface area contributed by atoms with Crippen LogP contribution in [0.2, 0.25) is 0 Å². The molecule has 0 atom stereocenters. The highest BCUT2D eigenvalue weighted by molar-refractivity contribution is 7.14. The van der Waals surface area contributed by atoms with Gasteiger partial charge < -0.3 is 10.2 Å². The van der Waals surface area contributed by atoms with E-state index in [1.54, 1.807) is 11.3 Å². The Morgan fingerprint density at radius 1 is 1.22 bits per heavy atom. The number of benzene rings is 1. The Morgan fingerprint density at radius 3 is 2.83 bits per heavy atom. The Morgan fingerprint density at radius 2 is 2.04 bits per heavy atom. The van der Waals surface area contributed by atoms with E-state index in [1.807, 2.05) is 18.2 Å². The second kappa shape index (κ2) is 6.32. The number of nitrogens with zero attached hydrogens (tertiary/aromatic N) is 2. The molecule has 2 heterocycles. The number of amides is 1. The summed E-state index contributed by atoms with van der Waals surface area (Å²) < 4.78 is 0. The van der Waals surface area contributed by atoms with Crippen molar-refractivity contribution in [1.29, 1.82) is 0 Å². The monoisotopic (exact) mass is 327 g/mol. The summed E-state index contributed by atoms with van der Waals surface area (Å²) in [6.07, 6.45) is 5.90. The van der Waals surface area contributed by atoms with Crippen molar-refractivity contribution in [2.45, 2.75) is 32.1 Å². The lowest BCUT2D eigenvalue weighted by molar-refractivity contribution is -0.117. The van der Waals surface area contributed by atoms with E-state index < -0.39 is 0 Å². The summed E-state index contributed by atoms with van der Waals surface area (Å²) in [6.45, 7) is 2.23. The van der Waals surface area contributed by atoms with E-state index in [4.69, 9.17) is 4.98 Å². The average Bonchev–Trinajstić information content (AvgIpc) is 3.33. The molecule has 4 rings (SSSR count). The molecule has 5 heteroatoms. The lowest BCUT2D eigenvalue weighted by atomic mass is 10.1. The Labute approximate surface area is 140 Å². The minimum absolute atomic E-state index is 0.148. The van der Waals surface area contributed by atoms with Crippen LogP contribution in [-0.4, -0.2) is 24.0 Å². The zero-order valence-corrected chi connectivity index (χ0v) is 13.9. The van der Waals surface area contributed by atoms with Crippen LogP contribution in [0.15, 0.2) is 29.6 Å². The predicted molar refractivity (Wildman–Crippen MR) is 95.0 cm³/mol. The lowest BCUT2D eigenvalue weighted by Gasteiger charge is -2.25. The molecule has 1 N–H and O–H groups in total. The van der Waals surface area contributed by atoms with E-state index in [0.29, 0.717) is 0 Å². The van der Waals surface area contributed by atoms with E-state index in [2.05, 4.69) is 21.7 Å². The largest absolute Gasteiger partial charge is 0.348 e. The number of thiazole rings is 1. The molecular weight excluding hydrogens is 306 g/mol. The van der Waals surface area contributed by atoms with Crippen LogP contribution in [0.3, 0.4) is 0 Å². The van der Waals surface area contributed by atoms with E-state index in [1.165, 1.54) is 19.3 Å². The second-order valence-corrected chi connectivity index (χ2v) is 7.24. The third-order valence-electron chi connectivity index (χ3n) is 4.49. The molecular formula is C18H21N3OS. The molecule has 1 amide bonds. The fraction of sp³-hybridized carbons (Fsp3) is 0.444. The molecule has 0 bridgehead atoms. The van der Waals surface area contributed by atoms with Gasteiger partial charge in [0.2, 0.25) is 5.91 Å². The zero-order chi connectivity index (χ0) is 15.6. The summed E-state index contributed by atoms with van der Waals surface area (Å²) in [5, 5.41) is 6.24. The Kier molecular flexibility index (Phi) is 4.04. The van der Waals surface area contributed by atoms with Gasteiger partial charge in [0.25, 0.3) is 0 Å². The number of rotatable bonds is 4. The first-order chi connectivity index (χ1) is 11.3. The van der Waals surface area contributed by atoms with Crippen molar-refractivity contribution in [3.05, 3.63) is 29.6 Å². The number of hydrogen-bond acceptors (Lipinski definition) is 4. The maximum absolute atomic E-state index is 11.9. The van der Waals surface area contributed by atoms with Gasteiger partial charge in [-0.1, -0.05) is 12.1 Å². The highest BCUT2D eigenvalue weighted by Gasteiger charge is 2.29. The van der Waals surface area contributed by atoms with Gasteiger partial charge in [0.05, 0.1) is 5.69 Å². The van der Waals surface area contributed by atoms with Crippen LogP contribution in [0.1, 0.15) is 32.1 Å². The molecule has 4 nitrogen and oxygen atoms in total. The number of piperidine rings is 1. The van der Waals surface area contributed by atoms with Crippen molar-refractivity contribution >= 4 is 28.1 Å². The molecule has 23 heavy (non-hydrogen) atoms. The van der Waals surface area contributed by atoms with E-state index >= 15 is 0 Å². The van der Waals surface area contributed by atoms with Gasteiger partial charge in [0.15, 0.2) is 5.13 Å². The summed E-state index contributed by atoms with van der Waals surface area (Å²) in [5.74, 6) is 0.373. The minimum Gasteiger partial charge on any atom is -0.348 e. The Balaban J connectivity index is 1.51. The van der Waals surface area contributed by atoms with Gasteiger partial charge in [-0.15, -0.1) is 11.3 Å². The number of anilines is 2. The molecule has 2 aromatic rings. The summed E-state index contributed by atoms with van der Waals surface area (Å²) in [6, 6.07) is 8.01. The summed E-state index contributed by atoms with van der Waals surface area (Å²) in [7, 11) is 0. The smallest absolute Gasteiger partial charge is 0.227 e. The predicted octanol–water partition coefficient (Wildman–Crippen LogP) is 4.15. The first-order valence-electron chi connectivity index (χ1n) is 8.41. The van der Waals surface area contributed by atoms with E-state index in [0.717, 1.165) is 48.0 Å². The molecule has 1 aromatic heterocycles. The minimum atomic E-state index is 0.148. The molecule has 1 aliphatic heterocycles. The SMILES string of the molecule is O=C(Nc1cccc(-c2csc(N3CCCCC3)n2)c1)C1CC1. The standard InChI is InChI=1S/C18H21N3OS/c22-17(13-7-8-13)19-15-6-4-5-14(11-15)16-12-23-18(20-16)21-9-2-1-3-10-21/h4-6,11-13H,1-3,7-10H2,(H,19,22). The van der Waals surface area contributed by atoms with Gasteiger partial charge in [0, 0.05) is 35.6 Å². The van der Waals surface area contributed by atoms with Crippen molar-refractivity contribution in [2.24, 2.45) is 5.92 Å². The molecule has 0 unspecified atom stereocenters. The molecule has 1 aromatic carbocycles. The number of carbonyl (C=O) groups excluding carboxylic acids is 1. The zero-order valence-electron chi connectivity index (χ0n) is 13.1. The first kappa shape index (κ1) is 14.7. The van der Waals surface area contributed by atoms with Gasteiger partial charge in [-0.05, 0) is 44.2 Å². The fourth-order valence-corrected chi connectivity index (χ4v) is 3.86. The van der Waals surface area contributed by atoms with Crippen molar-refractivity contribution < 1.29 is 4.79 Å². The van der Waals surface area contributed by atoms with Crippen molar-refractivity contribution in [3.63, 3.8) is 0 Å². The third kappa shape index (κ3) is 3.39. The fourth-order valence-electron chi connectivity index (χ4n) is 2.97. The third-order valence-corrected chi connectivity index (χ3v) is 5.39. The average molecular weight is 327 g/mol. The van der Waals surface area contributed by atoms with Crippen LogP contribution >= 0.6 is 11.3 Å². The van der Waals surface area contributed by atoms with Gasteiger partial charge in [-0.25, -0.2) is 4.98 Å². The molecule has 0 spiro atoms. The van der Waals surface area contributed by atoms with E-state index in [9.17, 15) is 4.79 Å². The quantitative estimate of drug-likeness (QED) is 0.917. The van der Waals surface area contributed by atoms with Crippen LogP contribution in [0.25, 0.3) is 11.3 Å². The van der Waals surface area contributed by atoms with Gasteiger partial charge in [-0.2, -0.15) is 0 Å². The molecule has 1 aliphatic carbocycles. The highest BCUT2D eigenvalue weighted by atomic mass is 32.1. The van der Waals surface area contributed by atoms with Crippen LogP contribution < -0.4 is 10.2 Å². The Bertz CT molecular complexity index is 702. The van der Waals surface area contributed by atoms with Gasteiger partial charge in [0.1, 0.15) is 0 Å². The van der Waals surface area contributed by atoms with Crippen LogP contribution in [-0.2, 0) is 4.79 Å². The molecule has 2 aliphatic rings. The summed E-state index contributed by atoms with van der Waals surface area (Å²) >= 11 is 1.71. The molecule has 120 valence electrons. The molecule has 1 saturated heterocycles. The van der Waals surface area contributed by atoms with Crippen LogP contribution in [0.4, 0.5) is 10.8 Å². The van der Waals surface area contributed by atoms with Crippen LogP contribution in [0.5, 0.6) is 0 Å². The molecule has 1 saturated carbocycles. The number of nitrogens with one attached hydrogen (secondary N) is 1. The summed E-state index contributed by atoms with van der Waals surface area (Å²) in [5.41, 5.74) is 2.93. The van der Waals surface area contributed by atoms with Crippen molar-refractivity contribution in [3.8, 4) is 11.3 Å². The lowest BCUT2D eigenvalue weighted by Crippen LogP contribution is -2.29. The molecule has 0 radical (unpaired) electrons. The van der Waals surface area contributed by atoms with Crippen LogP contribution in [0, 0.1) is 5.92 Å². The topological polar surface area (TPSA) is 45.2 Å². The number of aromatic nitrogens is 1. The first-order valence-corrected chi connectivity index (χ1v) is 9.29. The normalized spacial score (nSPS) is 18.0.